The minimum Gasteiger partial charge on any atom is -0.497 e. The second kappa shape index (κ2) is 5.80. The van der Waals surface area contributed by atoms with Crippen LogP contribution in [0.25, 0.3) is 0 Å². The van der Waals surface area contributed by atoms with Crippen molar-refractivity contribution in [3.05, 3.63) is 24.3 Å². The van der Waals surface area contributed by atoms with E-state index in [1.807, 2.05) is 0 Å². The maximum Gasteiger partial charge on any atom is 0.272 e. The standard InChI is InChI=1S/C10H12N4O2S/c1-16-7-4-2-6(3-5-7)13-14-8(9(11)15)10(12)17/h2-5,13H,1H3,(H2,11,15)(H2,12,17)/b14-8+. The van der Waals surface area contributed by atoms with Gasteiger partial charge in [0, 0.05) is 0 Å². The fourth-order valence-corrected chi connectivity index (χ4v) is 1.16. The zero-order chi connectivity index (χ0) is 12.8. The zero-order valence-electron chi connectivity index (χ0n) is 9.14. The van der Waals surface area contributed by atoms with E-state index in [0.29, 0.717) is 11.4 Å². The van der Waals surface area contributed by atoms with Crippen LogP contribution in [0.5, 0.6) is 5.75 Å². The van der Waals surface area contributed by atoms with Gasteiger partial charge in [0.15, 0.2) is 5.71 Å². The number of rotatable bonds is 5. The number of carbonyl (C=O) groups is 1. The highest BCUT2D eigenvalue weighted by Crippen LogP contribution is 2.14. The number of ether oxygens (including phenoxy) is 1. The Morgan fingerprint density at radius 2 is 1.94 bits per heavy atom. The molecule has 0 unspecified atom stereocenters. The largest absolute Gasteiger partial charge is 0.497 e. The molecule has 0 saturated carbocycles. The number of nitrogens with zero attached hydrogens (tertiary/aromatic N) is 1. The molecular formula is C10H12N4O2S. The number of hydrazone groups is 1. The first-order chi connectivity index (χ1) is 8.04. The summed E-state index contributed by atoms with van der Waals surface area (Å²) in [5.41, 5.74) is 13.4. The Labute approximate surface area is 104 Å². The number of hydrogen-bond acceptors (Lipinski definition) is 5. The molecule has 1 amide bonds. The van der Waals surface area contributed by atoms with Crippen LogP contribution in [0.3, 0.4) is 0 Å². The van der Waals surface area contributed by atoms with Gasteiger partial charge >= 0.3 is 0 Å². The van der Waals surface area contributed by atoms with Crippen LogP contribution in [0.2, 0.25) is 0 Å². The summed E-state index contributed by atoms with van der Waals surface area (Å²) in [5, 5.41) is 3.73. The minimum atomic E-state index is -0.779. The maximum atomic E-state index is 10.9. The van der Waals surface area contributed by atoms with E-state index in [1.54, 1.807) is 31.4 Å². The molecule has 0 radical (unpaired) electrons. The molecule has 0 aliphatic carbocycles. The smallest absolute Gasteiger partial charge is 0.272 e. The highest BCUT2D eigenvalue weighted by Gasteiger charge is 2.09. The number of primary amides is 1. The van der Waals surface area contributed by atoms with Gasteiger partial charge in [-0.1, -0.05) is 12.2 Å². The van der Waals surface area contributed by atoms with Crippen LogP contribution in [0, 0.1) is 0 Å². The Balaban J connectivity index is 2.80. The third-order valence-electron chi connectivity index (χ3n) is 1.85. The number of carbonyl (C=O) groups excluding carboxylic acids is 1. The Morgan fingerprint density at radius 1 is 1.35 bits per heavy atom. The molecule has 90 valence electrons. The topological polar surface area (TPSA) is 103 Å². The van der Waals surface area contributed by atoms with Gasteiger partial charge < -0.3 is 16.2 Å². The molecule has 0 aromatic heterocycles. The molecule has 0 fully saturated rings. The molecule has 0 bridgehead atoms. The third kappa shape index (κ3) is 3.72. The van der Waals surface area contributed by atoms with Crippen molar-refractivity contribution in [2.24, 2.45) is 16.6 Å². The van der Waals surface area contributed by atoms with Crippen LogP contribution in [0.1, 0.15) is 0 Å². The van der Waals surface area contributed by atoms with Crippen LogP contribution in [0.15, 0.2) is 29.4 Å². The molecule has 0 atom stereocenters. The van der Waals surface area contributed by atoms with Crippen molar-refractivity contribution < 1.29 is 9.53 Å². The van der Waals surface area contributed by atoms with Gasteiger partial charge in [-0.3, -0.25) is 10.2 Å². The van der Waals surface area contributed by atoms with Crippen molar-refractivity contribution >= 4 is 34.5 Å². The lowest BCUT2D eigenvalue weighted by atomic mass is 10.3. The van der Waals surface area contributed by atoms with E-state index < -0.39 is 5.91 Å². The van der Waals surface area contributed by atoms with Crippen LogP contribution in [-0.4, -0.2) is 23.7 Å². The first kappa shape index (κ1) is 12.9. The summed E-state index contributed by atoms with van der Waals surface area (Å²) < 4.78 is 4.99. The Morgan fingerprint density at radius 3 is 2.35 bits per heavy atom. The highest BCUT2D eigenvalue weighted by molar-refractivity contribution is 7.82. The first-order valence-corrected chi connectivity index (χ1v) is 5.02. The number of amides is 1. The van der Waals surface area contributed by atoms with E-state index in [-0.39, 0.29) is 10.7 Å². The molecule has 1 aromatic rings. The van der Waals surface area contributed by atoms with E-state index >= 15 is 0 Å². The summed E-state index contributed by atoms with van der Waals surface area (Å²) in [6.45, 7) is 0. The number of thiocarbonyl (C=S) groups is 1. The number of hydrogen-bond donors (Lipinski definition) is 3. The van der Waals surface area contributed by atoms with E-state index in [9.17, 15) is 4.79 Å². The van der Waals surface area contributed by atoms with Gasteiger partial charge in [-0.25, -0.2) is 0 Å². The second-order valence-electron chi connectivity index (χ2n) is 3.03. The SMILES string of the molecule is COc1ccc(N/N=C(\C(N)=O)C(N)=S)cc1. The van der Waals surface area contributed by atoms with E-state index in [4.69, 9.17) is 16.2 Å². The Hall–Kier alpha value is -2.15. The molecule has 7 heteroatoms. The number of anilines is 1. The monoisotopic (exact) mass is 252 g/mol. The molecule has 0 aliphatic rings. The van der Waals surface area contributed by atoms with Gasteiger partial charge in [0.1, 0.15) is 10.7 Å². The normalized spacial score (nSPS) is 10.8. The van der Waals surface area contributed by atoms with Gasteiger partial charge in [-0.2, -0.15) is 5.10 Å². The summed E-state index contributed by atoms with van der Waals surface area (Å²) in [4.78, 5) is 10.8. The predicted octanol–water partition coefficient (Wildman–Crippen LogP) is 0.234. The number of nitrogens with one attached hydrogen (secondary N) is 1. The molecule has 17 heavy (non-hydrogen) atoms. The zero-order valence-corrected chi connectivity index (χ0v) is 9.95. The van der Waals surface area contributed by atoms with Crippen molar-refractivity contribution in [1.82, 2.24) is 0 Å². The fraction of sp³-hybridized carbons (Fsp3) is 0.100. The average molecular weight is 252 g/mol. The number of methoxy groups -OCH3 is 1. The van der Waals surface area contributed by atoms with Gasteiger partial charge in [0.25, 0.3) is 5.91 Å². The first-order valence-electron chi connectivity index (χ1n) is 4.62. The summed E-state index contributed by atoms with van der Waals surface area (Å²) >= 11 is 4.63. The van der Waals surface area contributed by atoms with Crippen molar-refractivity contribution in [1.29, 1.82) is 0 Å². The van der Waals surface area contributed by atoms with Gasteiger partial charge in [0.05, 0.1) is 12.8 Å². The Bertz CT molecular complexity index is 440. The lowest BCUT2D eigenvalue weighted by Gasteiger charge is -2.04. The molecule has 0 heterocycles. The Kier molecular flexibility index (Phi) is 4.41. The third-order valence-corrected chi connectivity index (χ3v) is 2.05. The van der Waals surface area contributed by atoms with Crippen LogP contribution >= 0.6 is 12.2 Å². The summed E-state index contributed by atoms with van der Waals surface area (Å²) in [5.74, 6) is -0.0671. The van der Waals surface area contributed by atoms with Crippen molar-refractivity contribution in [2.75, 3.05) is 12.5 Å². The van der Waals surface area contributed by atoms with Gasteiger partial charge in [-0.15, -0.1) is 0 Å². The molecule has 0 saturated heterocycles. The maximum absolute atomic E-state index is 10.9. The molecule has 1 aromatic carbocycles. The van der Waals surface area contributed by atoms with E-state index in [0.717, 1.165) is 0 Å². The molecule has 5 N–H and O–H groups in total. The molecule has 0 spiro atoms. The van der Waals surface area contributed by atoms with Crippen molar-refractivity contribution in [3.63, 3.8) is 0 Å². The fourth-order valence-electron chi connectivity index (χ4n) is 1.02. The van der Waals surface area contributed by atoms with Crippen LogP contribution < -0.4 is 21.6 Å². The van der Waals surface area contributed by atoms with Crippen LogP contribution in [-0.2, 0) is 4.79 Å². The summed E-state index contributed by atoms with van der Waals surface area (Å²) in [6, 6.07) is 6.92. The molecule has 1 rings (SSSR count). The molecular weight excluding hydrogens is 240 g/mol. The average Bonchev–Trinajstić information content (AvgIpc) is 2.29. The summed E-state index contributed by atoms with van der Waals surface area (Å²) in [6.07, 6.45) is 0. The minimum absolute atomic E-state index is 0.154. The lowest BCUT2D eigenvalue weighted by Crippen LogP contribution is -2.35. The highest BCUT2D eigenvalue weighted by atomic mass is 32.1. The van der Waals surface area contributed by atoms with E-state index in [2.05, 4.69) is 22.7 Å². The number of nitrogens with two attached hydrogens (primary N) is 2. The second-order valence-corrected chi connectivity index (χ2v) is 3.47. The lowest BCUT2D eigenvalue weighted by molar-refractivity contribution is -0.111. The molecule has 0 aliphatic heterocycles. The molecule has 6 nitrogen and oxygen atoms in total. The number of benzene rings is 1. The quantitative estimate of drug-likeness (QED) is 0.395. The van der Waals surface area contributed by atoms with Crippen molar-refractivity contribution in [3.8, 4) is 5.75 Å². The predicted molar refractivity (Wildman–Crippen MR) is 70.0 cm³/mol. The summed E-state index contributed by atoms with van der Waals surface area (Å²) in [7, 11) is 1.57. The van der Waals surface area contributed by atoms with Gasteiger partial charge in [-0.05, 0) is 24.3 Å². The van der Waals surface area contributed by atoms with Crippen molar-refractivity contribution in [2.45, 2.75) is 0 Å². The van der Waals surface area contributed by atoms with Crippen LogP contribution in [0.4, 0.5) is 5.69 Å². The van der Waals surface area contributed by atoms with E-state index in [1.165, 1.54) is 0 Å². The van der Waals surface area contributed by atoms with Gasteiger partial charge in [0.2, 0.25) is 0 Å².